The monoisotopic (exact) mass is 484 g/mol. The molecule has 0 amide bonds. The average Bonchev–Trinajstić information content (AvgIpc) is 3.03. The number of guanidine groups is 1. The third-order valence-electron chi connectivity index (χ3n) is 5.80. The predicted octanol–water partition coefficient (Wildman–Crippen LogP) is 4.01. The molecule has 0 aliphatic heterocycles. The number of nitrogens with zero attached hydrogens (tertiary/aromatic N) is 1. The normalized spacial score (nSPS) is 15.9. The van der Waals surface area contributed by atoms with Crippen molar-refractivity contribution in [2.45, 2.75) is 39.0 Å². The van der Waals surface area contributed by atoms with Gasteiger partial charge in [-0.3, -0.25) is 4.99 Å². The van der Waals surface area contributed by atoms with Gasteiger partial charge in [0.2, 0.25) is 0 Å². The van der Waals surface area contributed by atoms with Crippen molar-refractivity contribution in [3.63, 3.8) is 0 Å². The third-order valence-corrected chi connectivity index (χ3v) is 5.80. The number of ether oxygens (including phenoxy) is 1. The van der Waals surface area contributed by atoms with Crippen LogP contribution in [-0.4, -0.2) is 44.8 Å². The third kappa shape index (κ3) is 5.38. The number of aromatic amines is 1. The Labute approximate surface area is 179 Å². The lowest BCUT2D eigenvalue weighted by atomic mass is 9.67. The number of fused-ring (bicyclic) bond motifs is 1. The van der Waals surface area contributed by atoms with Gasteiger partial charge in [-0.05, 0) is 49.1 Å². The molecule has 0 unspecified atom stereocenters. The fourth-order valence-electron chi connectivity index (χ4n) is 3.89. The van der Waals surface area contributed by atoms with Crippen molar-refractivity contribution >= 4 is 40.8 Å². The molecule has 3 N–H and O–H groups in total. The Hall–Kier alpha value is -1.28. The zero-order chi connectivity index (χ0) is 18.4. The molecule has 1 saturated carbocycles. The van der Waals surface area contributed by atoms with Crippen LogP contribution in [0.15, 0.2) is 29.4 Å². The van der Waals surface area contributed by atoms with E-state index in [-0.39, 0.29) is 24.0 Å². The number of halogens is 1. The summed E-state index contributed by atoms with van der Waals surface area (Å²) in [6.07, 6.45) is 8.13. The summed E-state index contributed by atoms with van der Waals surface area (Å²) in [4.78, 5) is 7.78. The van der Waals surface area contributed by atoms with E-state index >= 15 is 0 Å². The van der Waals surface area contributed by atoms with Gasteiger partial charge in [-0.1, -0.05) is 24.6 Å². The van der Waals surface area contributed by atoms with Crippen molar-refractivity contribution in [3.05, 3.63) is 35.5 Å². The molecule has 6 heteroatoms. The second-order valence-corrected chi connectivity index (χ2v) is 7.51. The first-order chi connectivity index (χ1) is 12.7. The van der Waals surface area contributed by atoms with Crippen LogP contribution in [0.2, 0.25) is 0 Å². The van der Waals surface area contributed by atoms with E-state index in [4.69, 9.17) is 4.74 Å². The zero-order valence-electron chi connectivity index (χ0n) is 16.7. The number of methoxy groups -OCH3 is 1. The first-order valence-electron chi connectivity index (χ1n) is 9.66. The van der Waals surface area contributed by atoms with E-state index in [0.29, 0.717) is 5.41 Å². The van der Waals surface area contributed by atoms with Crippen LogP contribution >= 0.6 is 24.0 Å². The lowest BCUT2D eigenvalue weighted by Crippen LogP contribution is -2.47. The molecular weight excluding hydrogens is 451 g/mol. The molecule has 150 valence electrons. The second-order valence-electron chi connectivity index (χ2n) is 7.51. The van der Waals surface area contributed by atoms with Crippen LogP contribution in [0.4, 0.5) is 0 Å². The maximum atomic E-state index is 5.28. The Morgan fingerprint density at radius 2 is 2.11 bits per heavy atom. The molecule has 27 heavy (non-hydrogen) atoms. The summed E-state index contributed by atoms with van der Waals surface area (Å²) >= 11 is 0. The number of H-pyrrole nitrogens is 1. The fourth-order valence-corrected chi connectivity index (χ4v) is 3.89. The van der Waals surface area contributed by atoms with Crippen LogP contribution in [0.3, 0.4) is 0 Å². The molecule has 1 fully saturated rings. The van der Waals surface area contributed by atoms with E-state index in [0.717, 1.165) is 38.5 Å². The molecule has 0 bridgehead atoms. The van der Waals surface area contributed by atoms with Gasteiger partial charge >= 0.3 is 0 Å². The SMILES string of the molecule is CN=C(NCCc1c[nH]c2c(C)cccc12)NCC1(CCOC)CCC1.I. The number of hydrogen-bond acceptors (Lipinski definition) is 2. The van der Waals surface area contributed by atoms with Crippen molar-refractivity contribution < 1.29 is 4.74 Å². The Morgan fingerprint density at radius 1 is 1.30 bits per heavy atom. The van der Waals surface area contributed by atoms with E-state index in [2.05, 4.69) is 51.9 Å². The molecule has 3 rings (SSSR count). The summed E-state index contributed by atoms with van der Waals surface area (Å²) in [5.41, 5.74) is 4.28. The van der Waals surface area contributed by atoms with E-state index in [1.807, 2.05) is 7.05 Å². The molecule has 1 aromatic carbocycles. The first-order valence-corrected chi connectivity index (χ1v) is 9.66. The molecule has 1 aliphatic rings. The highest BCUT2D eigenvalue weighted by Crippen LogP contribution is 2.43. The fraction of sp³-hybridized carbons (Fsp3) is 0.571. The highest BCUT2D eigenvalue weighted by atomic mass is 127. The zero-order valence-corrected chi connectivity index (χ0v) is 19.1. The predicted molar refractivity (Wildman–Crippen MR) is 124 cm³/mol. The van der Waals surface area contributed by atoms with Crippen LogP contribution in [0, 0.1) is 12.3 Å². The summed E-state index contributed by atoms with van der Waals surface area (Å²) < 4.78 is 5.28. The summed E-state index contributed by atoms with van der Waals surface area (Å²) in [6, 6.07) is 6.46. The molecule has 1 aliphatic carbocycles. The lowest BCUT2D eigenvalue weighted by molar-refractivity contribution is 0.0732. The molecule has 0 spiro atoms. The second kappa shape index (κ2) is 10.3. The standard InChI is InChI=1S/C21H32N4O.HI/c1-16-6-4-7-18-17(14-24-19(16)18)8-12-23-20(22-2)25-15-21(9-5-10-21)11-13-26-3;/h4,6-7,14,24H,5,8-13,15H2,1-3H3,(H2,22,23,25);1H. The number of benzene rings is 1. The van der Waals surface area contributed by atoms with Gasteiger partial charge in [0, 0.05) is 51.0 Å². The summed E-state index contributed by atoms with van der Waals surface area (Å²) in [5.74, 6) is 0.893. The minimum Gasteiger partial charge on any atom is -0.385 e. The molecule has 2 aromatic rings. The van der Waals surface area contributed by atoms with Crippen LogP contribution in [-0.2, 0) is 11.2 Å². The number of aryl methyl sites for hydroxylation is 1. The average molecular weight is 484 g/mol. The van der Waals surface area contributed by atoms with Crippen LogP contribution < -0.4 is 10.6 Å². The largest absolute Gasteiger partial charge is 0.385 e. The van der Waals surface area contributed by atoms with Gasteiger partial charge in [0.25, 0.3) is 0 Å². The maximum Gasteiger partial charge on any atom is 0.191 e. The highest BCUT2D eigenvalue weighted by molar-refractivity contribution is 14.0. The quantitative estimate of drug-likeness (QED) is 0.302. The summed E-state index contributed by atoms with van der Waals surface area (Å²) in [5, 5.41) is 8.30. The van der Waals surface area contributed by atoms with Gasteiger partial charge in [-0.2, -0.15) is 0 Å². The summed E-state index contributed by atoms with van der Waals surface area (Å²) in [7, 11) is 3.62. The van der Waals surface area contributed by atoms with Gasteiger partial charge in [0.05, 0.1) is 0 Å². The lowest BCUT2D eigenvalue weighted by Gasteiger charge is -2.42. The number of rotatable bonds is 8. The van der Waals surface area contributed by atoms with Gasteiger partial charge in [-0.25, -0.2) is 0 Å². The van der Waals surface area contributed by atoms with Gasteiger partial charge < -0.3 is 20.4 Å². The Kier molecular flexibility index (Phi) is 8.41. The minimum absolute atomic E-state index is 0. The van der Waals surface area contributed by atoms with E-state index < -0.39 is 0 Å². The van der Waals surface area contributed by atoms with Crippen LogP contribution in [0.5, 0.6) is 0 Å². The number of para-hydroxylation sites is 1. The highest BCUT2D eigenvalue weighted by Gasteiger charge is 2.36. The number of aliphatic imine (C=N–C) groups is 1. The van der Waals surface area contributed by atoms with Crippen molar-refractivity contribution in [3.8, 4) is 0 Å². The molecule has 0 radical (unpaired) electrons. The van der Waals surface area contributed by atoms with Crippen molar-refractivity contribution in [1.29, 1.82) is 0 Å². The van der Waals surface area contributed by atoms with Crippen molar-refractivity contribution in [1.82, 2.24) is 15.6 Å². The summed E-state index contributed by atoms with van der Waals surface area (Å²) in [6.45, 7) is 4.83. The number of nitrogens with one attached hydrogen (secondary N) is 3. The van der Waals surface area contributed by atoms with Crippen LogP contribution in [0.25, 0.3) is 10.9 Å². The molecule has 0 saturated heterocycles. The van der Waals surface area contributed by atoms with Crippen LogP contribution in [0.1, 0.15) is 36.8 Å². The number of hydrogen-bond donors (Lipinski definition) is 3. The van der Waals surface area contributed by atoms with E-state index in [1.165, 1.54) is 41.3 Å². The topological polar surface area (TPSA) is 61.4 Å². The van der Waals surface area contributed by atoms with Crippen molar-refractivity contribution in [2.24, 2.45) is 10.4 Å². The Bertz CT molecular complexity index is 752. The van der Waals surface area contributed by atoms with Gasteiger partial charge in [0.15, 0.2) is 5.96 Å². The smallest absolute Gasteiger partial charge is 0.191 e. The van der Waals surface area contributed by atoms with Gasteiger partial charge in [-0.15, -0.1) is 24.0 Å². The minimum atomic E-state index is 0. The van der Waals surface area contributed by atoms with Crippen molar-refractivity contribution in [2.75, 3.05) is 33.9 Å². The Morgan fingerprint density at radius 3 is 2.78 bits per heavy atom. The van der Waals surface area contributed by atoms with Gasteiger partial charge in [0.1, 0.15) is 0 Å². The molecule has 1 heterocycles. The van der Waals surface area contributed by atoms with E-state index in [9.17, 15) is 0 Å². The molecule has 1 aromatic heterocycles. The Balaban J connectivity index is 0.00000261. The molecule has 5 nitrogen and oxygen atoms in total. The van der Waals surface area contributed by atoms with E-state index in [1.54, 1.807) is 7.11 Å². The number of aromatic nitrogens is 1. The molecule has 0 atom stereocenters. The maximum absolute atomic E-state index is 5.28. The first kappa shape index (κ1) is 22.0. The molecular formula is C21H33IN4O.